The van der Waals surface area contributed by atoms with E-state index in [9.17, 15) is 8.42 Å². The van der Waals surface area contributed by atoms with Gasteiger partial charge in [0.1, 0.15) is 0 Å². The normalized spacial score (nSPS) is 11.9. The first-order valence-corrected chi connectivity index (χ1v) is 9.36. The Morgan fingerprint density at radius 2 is 1.28 bits per heavy atom. The van der Waals surface area contributed by atoms with Crippen LogP contribution in [0.1, 0.15) is 11.1 Å². The van der Waals surface area contributed by atoms with Crippen LogP contribution in [0.2, 0.25) is 0 Å². The van der Waals surface area contributed by atoms with Gasteiger partial charge in [0.25, 0.3) is 10.0 Å². The van der Waals surface area contributed by atoms with Crippen molar-refractivity contribution in [2.24, 2.45) is 5.10 Å². The third kappa shape index (κ3) is 4.55. The molecule has 4 nitrogen and oxygen atoms in total. The zero-order chi connectivity index (χ0) is 17.5. The highest BCUT2D eigenvalue weighted by molar-refractivity contribution is 7.89. The Morgan fingerprint density at radius 3 is 1.88 bits per heavy atom. The van der Waals surface area contributed by atoms with Gasteiger partial charge < -0.3 is 0 Å². The highest BCUT2D eigenvalue weighted by Gasteiger charge is 2.13. The predicted molar refractivity (Wildman–Crippen MR) is 99.9 cm³/mol. The quantitative estimate of drug-likeness (QED) is 0.545. The van der Waals surface area contributed by atoms with Crippen molar-refractivity contribution in [3.63, 3.8) is 0 Å². The molecule has 0 saturated heterocycles. The number of benzene rings is 3. The lowest BCUT2D eigenvalue weighted by atomic mass is 10.0. The molecule has 3 aromatic carbocycles. The highest BCUT2D eigenvalue weighted by Crippen LogP contribution is 2.11. The van der Waals surface area contributed by atoms with E-state index in [-0.39, 0.29) is 4.90 Å². The summed E-state index contributed by atoms with van der Waals surface area (Å²) in [6.45, 7) is 0. The molecule has 0 spiro atoms. The van der Waals surface area contributed by atoms with E-state index in [1.165, 1.54) is 12.1 Å². The third-order valence-corrected chi connectivity index (χ3v) is 4.90. The first-order valence-electron chi connectivity index (χ1n) is 7.88. The molecule has 3 rings (SSSR count). The standard InChI is InChI=1S/C20H18N2O2S/c23-25(24,19-14-8-3-9-15-19)22-21-20(18-12-6-2-7-13-18)16-17-10-4-1-5-11-17/h1-15,22H,16H2. The van der Waals surface area contributed by atoms with Gasteiger partial charge in [0.2, 0.25) is 0 Å². The fourth-order valence-electron chi connectivity index (χ4n) is 2.39. The van der Waals surface area contributed by atoms with E-state index in [0.717, 1.165) is 11.1 Å². The van der Waals surface area contributed by atoms with Crippen molar-refractivity contribution in [2.45, 2.75) is 11.3 Å². The van der Waals surface area contributed by atoms with Crippen LogP contribution in [-0.2, 0) is 16.4 Å². The van der Waals surface area contributed by atoms with Gasteiger partial charge in [0.05, 0.1) is 10.6 Å². The maximum absolute atomic E-state index is 12.4. The summed E-state index contributed by atoms with van der Waals surface area (Å²) >= 11 is 0. The Labute approximate surface area is 147 Å². The summed E-state index contributed by atoms with van der Waals surface area (Å²) in [5.41, 5.74) is 2.59. The van der Waals surface area contributed by atoms with Gasteiger partial charge in [0.15, 0.2) is 0 Å². The summed E-state index contributed by atoms with van der Waals surface area (Å²) in [5.74, 6) is 0. The molecule has 0 aliphatic carbocycles. The van der Waals surface area contributed by atoms with Crippen molar-refractivity contribution in [2.75, 3.05) is 0 Å². The van der Waals surface area contributed by atoms with E-state index in [2.05, 4.69) is 9.93 Å². The van der Waals surface area contributed by atoms with E-state index in [1.54, 1.807) is 18.2 Å². The van der Waals surface area contributed by atoms with Crippen LogP contribution < -0.4 is 4.83 Å². The lowest BCUT2D eigenvalue weighted by Gasteiger charge is -2.09. The molecule has 0 saturated carbocycles. The first-order chi connectivity index (χ1) is 12.1. The van der Waals surface area contributed by atoms with Gasteiger partial charge in [-0.2, -0.15) is 18.4 Å². The maximum atomic E-state index is 12.4. The van der Waals surface area contributed by atoms with E-state index < -0.39 is 10.0 Å². The molecular weight excluding hydrogens is 332 g/mol. The minimum absolute atomic E-state index is 0.186. The van der Waals surface area contributed by atoms with E-state index in [1.807, 2.05) is 60.7 Å². The highest BCUT2D eigenvalue weighted by atomic mass is 32.2. The fourth-order valence-corrected chi connectivity index (χ4v) is 3.24. The van der Waals surface area contributed by atoms with Crippen LogP contribution in [0.4, 0.5) is 0 Å². The minimum atomic E-state index is -3.69. The van der Waals surface area contributed by atoms with Crippen LogP contribution in [0.3, 0.4) is 0 Å². The molecule has 1 N–H and O–H groups in total. The van der Waals surface area contributed by atoms with E-state index in [0.29, 0.717) is 12.1 Å². The lowest BCUT2D eigenvalue weighted by Crippen LogP contribution is -2.21. The van der Waals surface area contributed by atoms with Gasteiger partial charge in [0, 0.05) is 6.42 Å². The molecule has 0 atom stereocenters. The van der Waals surface area contributed by atoms with Crippen molar-refractivity contribution >= 4 is 15.7 Å². The summed E-state index contributed by atoms with van der Waals surface area (Å²) in [6, 6.07) is 27.6. The molecule has 0 heterocycles. The molecule has 0 amide bonds. The second-order valence-corrected chi connectivity index (χ2v) is 7.16. The van der Waals surface area contributed by atoms with Crippen LogP contribution >= 0.6 is 0 Å². The van der Waals surface area contributed by atoms with Gasteiger partial charge in [-0.15, -0.1) is 0 Å². The van der Waals surface area contributed by atoms with Crippen LogP contribution in [0.25, 0.3) is 0 Å². The molecular formula is C20H18N2O2S. The Morgan fingerprint density at radius 1 is 0.760 bits per heavy atom. The molecule has 0 aromatic heterocycles. The molecule has 0 fully saturated rings. The zero-order valence-electron chi connectivity index (χ0n) is 13.5. The van der Waals surface area contributed by atoms with Crippen LogP contribution in [-0.4, -0.2) is 14.1 Å². The average molecular weight is 350 g/mol. The Kier molecular flexibility index (Phi) is 5.26. The summed E-state index contributed by atoms with van der Waals surface area (Å²) in [6.07, 6.45) is 0.530. The number of hydrogen-bond acceptors (Lipinski definition) is 3. The molecule has 3 aromatic rings. The second kappa shape index (κ2) is 7.77. The Hall–Kier alpha value is -2.92. The van der Waals surface area contributed by atoms with Gasteiger partial charge in [-0.3, -0.25) is 0 Å². The zero-order valence-corrected chi connectivity index (χ0v) is 14.4. The summed E-state index contributed by atoms with van der Waals surface area (Å²) < 4.78 is 24.8. The summed E-state index contributed by atoms with van der Waals surface area (Å²) in [5, 5.41) is 4.22. The molecule has 0 aliphatic heterocycles. The topological polar surface area (TPSA) is 58.5 Å². The number of hydrogen-bond donors (Lipinski definition) is 1. The first kappa shape index (κ1) is 16.9. The lowest BCUT2D eigenvalue weighted by molar-refractivity contribution is 0.584. The molecule has 0 radical (unpaired) electrons. The van der Waals surface area contributed by atoms with E-state index in [4.69, 9.17) is 0 Å². The van der Waals surface area contributed by atoms with Gasteiger partial charge >= 0.3 is 0 Å². The minimum Gasteiger partial charge on any atom is -0.200 e. The maximum Gasteiger partial charge on any atom is 0.276 e. The Bertz CT molecular complexity index is 939. The Balaban J connectivity index is 1.90. The molecule has 126 valence electrons. The fraction of sp³-hybridized carbons (Fsp3) is 0.0500. The largest absolute Gasteiger partial charge is 0.276 e. The molecule has 25 heavy (non-hydrogen) atoms. The third-order valence-electron chi connectivity index (χ3n) is 3.68. The van der Waals surface area contributed by atoms with Gasteiger partial charge in [-0.25, -0.2) is 0 Å². The summed E-state index contributed by atoms with van der Waals surface area (Å²) in [4.78, 5) is 2.54. The summed E-state index contributed by atoms with van der Waals surface area (Å²) in [7, 11) is -3.69. The van der Waals surface area contributed by atoms with Gasteiger partial charge in [-0.05, 0) is 23.3 Å². The van der Waals surface area contributed by atoms with Gasteiger partial charge in [-0.1, -0.05) is 78.9 Å². The average Bonchev–Trinajstić information content (AvgIpc) is 2.67. The molecule has 0 aliphatic rings. The van der Waals surface area contributed by atoms with Crippen molar-refractivity contribution in [3.05, 3.63) is 102 Å². The molecule has 5 heteroatoms. The van der Waals surface area contributed by atoms with Crippen LogP contribution in [0.5, 0.6) is 0 Å². The number of nitrogens with one attached hydrogen (secondary N) is 1. The van der Waals surface area contributed by atoms with Crippen LogP contribution in [0.15, 0.2) is 101 Å². The molecule has 0 bridgehead atoms. The van der Waals surface area contributed by atoms with Crippen molar-refractivity contribution in [3.8, 4) is 0 Å². The number of hydrazone groups is 1. The van der Waals surface area contributed by atoms with Crippen molar-refractivity contribution < 1.29 is 8.42 Å². The smallest absolute Gasteiger partial charge is 0.200 e. The molecule has 0 unspecified atom stereocenters. The van der Waals surface area contributed by atoms with Crippen LogP contribution in [0, 0.1) is 0 Å². The number of sulfonamides is 1. The monoisotopic (exact) mass is 350 g/mol. The van der Waals surface area contributed by atoms with E-state index >= 15 is 0 Å². The number of rotatable bonds is 6. The second-order valence-electron chi connectivity index (χ2n) is 5.49. The SMILES string of the molecule is O=S(=O)(NN=C(Cc1ccccc1)c1ccccc1)c1ccccc1. The van der Waals surface area contributed by atoms with Crippen molar-refractivity contribution in [1.29, 1.82) is 0 Å². The predicted octanol–water partition coefficient (Wildman–Crippen LogP) is 3.61. The van der Waals surface area contributed by atoms with Crippen molar-refractivity contribution in [1.82, 2.24) is 4.83 Å². The number of nitrogens with zero attached hydrogens (tertiary/aromatic N) is 1.